The van der Waals surface area contributed by atoms with Gasteiger partial charge in [-0.3, -0.25) is 14.5 Å². The number of anilines is 1. The van der Waals surface area contributed by atoms with Crippen LogP contribution in [0.3, 0.4) is 0 Å². The van der Waals surface area contributed by atoms with Crippen molar-refractivity contribution in [3.8, 4) is 0 Å². The van der Waals surface area contributed by atoms with Crippen LogP contribution in [-0.2, 0) is 14.3 Å². The number of hydrogen-bond donors (Lipinski definition) is 1. The van der Waals surface area contributed by atoms with Gasteiger partial charge in [0.15, 0.2) is 5.82 Å². The summed E-state index contributed by atoms with van der Waals surface area (Å²) >= 11 is 0. The fraction of sp³-hybridized carbons (Fsp3) is 0.476. The van der Waals surface area contributed by atoms with Gasteiger partial charge in [0, 0.05) is 32.2 Å². The zero-order valence-electron chi connectivity index (χ0n) is 16.8. The van der Waals surface area contributed by atoms with Gasteiger partial charge in [0.2, 0.25) is 11.8 Å². The third-order valence-electron chi connectivity index (χ3n) is 5.05. The number of ether oxygens (including phenoxy) is 1. The average Bonchev–Trinajstić information content (AvgIpc) is 3.26. The van der Waals surface area contributed by atoms with Crippen LogP contribution in [0.25, 0.3) is 0 Å². The summed E-state index contributed by atoms with van der Waals surface area (Å²) in [6.07, 6.45) is 2.06. The lowest BCUT2D eigenvalue weighted by atomic mass is 9.95. The minimum atomic E-state index is -0.294. The van der Waals surface area contributed by atoms with Gasteiger partial charge < -0.3 is 19.5 Å². The molecule has 1 atom stereocenters. The normalized spacial score (nSPS) is 15.6. The standard InChI is InChI=1S/C21H28N4O4/c1-2-18(17-6-4-3-5-7-17)21(27)25(10-9-24-11-14-28-15-12-24)16-20(26)22-19-8-13-29-23-19/h3-8,13,18H,2,9-12,14-16H2,1H3,(H,22,23,26). The first kappa shape index (κ1) is 21.0. The summed E-state index contributed by atoms with van der Waals surface area (Å²) in [4.78, 5) is 29.8. The topological polar surface area (TPSA) is 87.9 Å². The van der Waals surface area contributed by atoms with E-state index in [1.807, 2.05) is 37.3 Å². The van der Waals surface area contributed by atoms with E-state index in [4.69, 9.17) is 9.26 Å². The number of morpholine rings is 1. The largest absolute Gasteiger partial charge is 0.379 e. The molecule has 1 aromatic carbocycles. The molecule has 1 unspecified atom stereocenters. The van der Waals surface area contributed by atoms with Crippen LogP contribution in [0.5, 0.6) is 0 Å². The number of carbonyl (C=O) groups is 2. The monoisotopic (exact) mass is 400 g/mol. The molecule has 1 saturated heterocycles. The van der Waals surface area contributed by atoms with E-state index in [1.165, 1.54) is 6.26 Å². The van der Waals surface area contributed by atoms with Crippen molar-refractivity contribution in [2.24, 2.45) is 0 Å². The molecule has 2 aromatic rings. The Bertz CT molecular complexity index is 760. The summed E-state index contributed by atoms with van der Waals surface area (Å²) < 4.78 is 10.1. The summed E-state index contributed by atoms with van der Waals surface area (Å²) in [7, 11) is 0. The lowest BCUT2D eigenvalue weighted by molar-refractivity contribution is -0.136. The Morgan fingerprint density at radius 3 is 2.62 bits per heavy atom. The van der Waals surface area contributed by atoms with Crippen molar-refractivity contribution >= 4 is 17.6 Å². The SMILES string of the molecule is CCC(C(=O)N(CCN1CCOCC1)CC(=O)Nc1ccon1)c1ccccc1. The number of carbonyl (C=O) groups excluding carboxylic acids is 2. The zero-order chi connectivity index (χ0) is 20.5. The number of rotatable bonds is 9. The van der Waals surface area contributed by atoms with Crippen LogP contribution in [0, 0.1) is 0 Å². The summed E-state index contributed by atoms with van der Waals surface area (Å²) in [5.41, 5.74) is 0.966. The molecule has 1 aromatic heterocycles. The first-order valence-corrected chi connectivity index (χ1v) is 10.0. The molecule has 1 aliphatic rings. The van der Waals surface area contributed by atoms with Gasteiger partial charge in [-0.15, -0.1) is 0 Å². The second-order valence-electron chi connectivity index (χ2n) is 7.02. The Kier molecular flexibility index (Phi) is 7.77. The van der Waals surface area contributed by atoms with Crippen molar-refractivity contribution in [3.05, 3.63) is 48.2 Å². The van der Waals surface area contributed by atoms with Crippen LogP contribution >= 0.6 is 0 Å². The predicted molar refractivity (Wildman–Crippen MR) is 108 cm³/mol. The highest BCUT2D eigenvalue weighted by molar-refractivity contribution is 5.94. The Labute approximate surface area is 170 Å². The third-order valence-corrected chi connectivity index (χ3v) is 5.05. The molecule has 0 spiro atoms. The molecule has 0 aliphatic carbocycles. The fourth-order valence-corrected chi connectivity index (χ4v) is 3.45. The first-order chi connectivity index (χ1) is 14.2. The molecule has 8 nitrogen and oxygen atoms in total. The molecular weight excluding hydrogens is 372 g/mol. The van der Waals surface area contributed by atoms with E-state index in [2.05, 4.69) is 15.4 Å². The second kappa shape index (κ2) is 10.7. The van der Waals surface area contributed by atoms with Gasteiger partial charge >= 0.3 is 0 Å². The average molecular weight is 400 g/mol. The maximum atomic E-state index is 13.4. The van der Waals surface area contributed by atoms with E-state index in [1.54, 1.807) is 11.0 Å². The van der Waals surface area contributed by atoms with E-state index in [0.29, 0.717) is 38.5 Å². The zero-order valence-corrected chi connectivity index (χ0v) is 16.8. The lowest BCUT2D eigenvalue weighted by Gasteiger charge is -2.31. The van der Waals surface area contributed by atoms with Crippen LogP contribution in [-0.4, -0.2) is 72.7 Å². The molecule has 156 valence electrons. The van der Waals surface area contributed by atoms with Crippen LogP contribution in [0.1, 0.15) is 24.8 Å². The predicted octanol–water partition coefficient (Wildman–Crippen LogP) is 1.97. The second-order valence-corrected chi connectivity index (χ2v) is 7.02. The molecule has 1 N–H and O–H groups in total. The quantitative estimate of drug-likeness (QED) is 0.692. The molecule has 3 rings (SSSR count). The van der Waals surface area contributed by atoms with Crippen molar-refractivity contribution < 1.29 is 18.8 Å². The maximum Gasteiger partial charge on any atom is 0.245 e. The van der Waals surface area contributed by atoms with Crippen LogP contribution in [0.2, 0.25) is 0 Å². The van der Waals surface area contributed by atoms with Crippen LogP contribution in [0.15, 0.2) is 47.2 Å². The van der Waals surface area contributed by atoms with Crippen LogP contribution in [0.4, 0.5) is 5.82 Å². The fourth-order valence-electron chi connectivity index (χ4n) is 3.45. The summed E-state index contributed by atoms with van der Waals surface area (Å²) in [5, 5.41) is 6.36. The summed E-state index contributed by atoms with van der Waals surface area (Å²) in [6, 6.07) is 11.3. The Hall–Kier alpha value is -2.71. The van der Waals surface area contributed by atoms with E-state index < -0.39 is 0 Å². The highest BCUT2D eigenvalue weighted by atomic mass is 16.5. The molecule has 1 fully saturated rings. The minimum Gasteiger partial charge on any atom is -0.379 e. The van der Waals surface area contributed by atoms with E-state index in [-0.39, 0.29) is 24.3 Å². The van der Waals surface area contributed by atoms with Gasteiger partial charge in [-0.25, -0.2) is 0 Å². The Morgan fingerprint density at radius 1 is 1.21 bits per heavy atom. The maximum absolute atomic E-state index is 13.4. The van der Waals surface area contributed by atoms with Gasteiger partial charge in [0.25, 0.3) is 0 Å². The van der Waals surface area contributed by atoms with Crippen molar-refractivity contribution in [1.82, 2.24) is 15.0 Å². The highest BCUT2D eigenvalue weighted by Crippen LogP contribution is 2.22. The molecule has 0 radical (unpaired) electrons. The van der Waals surface area contributed by atoms with E-state index in [0.717, 1.165) is 18.7 Å². The van der Waals surface area contributed by atoms with Gasteiger partial charge in [-0.1, -0.05) is 42.4 Å². The summed E-state index contributed by atoms with van der Waals surface area (Å²) in [6.45, 7) is 6.22. The number of nitrogens with zero attached hydrogens (tertiary/aromatic N) is 3. The number of benzene rings is 1. The minimum absolute atomic E-state index is 0.0284. The smallest absolute Gasteiger partial charge is 0.245 e. The molecule has 2 heterocycles. The third kappa shape index (κ3) is 6.13. The van der Waals surface area contributed by atoms with Gasteiger partial charge in [-0.2, -0.15) is 0 Å². The van der Waals surface area contributed by atoms with Gasteiger partial charge in [-0.05, 0) is 12.0 Å². The molecule has 1 aliphatic heterocycles. The number of aromatic nitrogens is 1. The molecule has 0 bridgehead atoms. The lowest BCUT2D eigenvalue weighted by Crippen LogP contribution is -2.46. The highest BCUT2D eigenvalue weighted by Gasteiger charge is 2.26. The Morgan fingerprint density at radius 2 is 1.97 bits per heavy atom. The van der Waals surface area contributed by atoms with Crippen molar-refractivity contribution in [2.75, 3.05) is 51.3 Å². The summed E-state index contributed by atoms with van der Waals surface area (Å²) in [5.74, 6) is -0.272. The molecular formula is C21H28N4O4. The Balaban J connectivity index is 1.69. The van der Waals surface area contributed by atoms with Crippen molar-refractivity contribution in [1.29, 1.82) is 0 Å². The number of amides is 2. The first-order valence-electron chi connectivity index (χ1n) is 10.0. The molecule has 2 amide bonds. The van der Waals surface area contributed by atoms with E-state index in [9.17, 15) is 9.59 Å². The number of hydrogen-bond acceptors (Lipinski definition) is 6. The van der Waals surface area contributed by atoms with Crippen LogP contribution < -0.4 is 5.32 Å². The molecule has 8 heteroatoms. The van der Waals surface area contributed by atoms with Crippen molar-refractivity contribution in [3.63, 3.8) is 0 Å². The molecule has 29 heavy (non-hydrogen) atoms. The van der Waals surface area contributed by atoms with E-state index >= 15 is 0 Å². The van der Waals surface area contributed by atoms with Gasteiger partial charge in [0.1, 0.15) is 6.26 Å². The van der Waals surface area contributed by atoms with Crippen molar-refractivity contribution in [2.45, 2.75) is 19.3 Å². The molecule has 0 saturated carbocycles. The van der Waals surface area contributed by atoms with Gasteiger partial charge in [0.05, 0.1) is 25.7 Å². The number of nitrogens with one attached hydrogen (secondary N) is 1.